The number of carboxylic acid groups (broad SMARTS) is 1. The molecule has 2 N–H and O–H groups in total. The van der Waals surface area contributed by atoms with Crippen molar-refractivity contribution in [2.24, 2.45) is 17.8 Å². The highest BCUT2D eigenvalue weighted by Crippen LogP contribution is 2.43. The third-order valence-corrected chi connectivity index (χ3v) is 3.83. The lowest BCUT2D eigenvalue weighted by atomic mass is 9.92. The molecule has 4 atom stereocenters. The summed E-state index contributed by atoms with van der Waals surface area (Å²) >= 11 is 0. The van der Waals surface area contributed by atoms with Gasteiger partial charge in [0.2, 0.25) is 5.91 Å². The summed E-state index contributed by atoms with van der Waals surface area (Å²) in [5.41, 5.74) is 0. The van der Waals surface area contributed by atoms with E-state index in [0.717, 1.165) is 12.8 Å². The summed E-state index contributed by atoms with van der Waals surface area (Å²) in [6.07, 6.45) is 5.50. The van der Waals surface area contributed by atoms with E-state index >= 15 is 0 Å². The van der Waals surface area contributed by atoms with Crippen molar-refractivity contribution in [2.75, 3.05) is 7.11 Å². The van der Waals surface area contributed by atoms with Crippen molar-refractivity contribution in [2.45, 2.75) is 25.3 Å². The number of esters is 1. The maximum absolute atomic E-state index is 12.1. The lowest BCUT2D eigenvalue weighted by molar-refractivity contribution is -0.149. The van der Waals surface area contributed by atoms with Crippen LogP contribution in [-0.2, 0) is 19.1 Å². The summed E-state index contributed by atoms with van der Waals surface area (Å²) in [5, 5.41) is 11.4. The Morgan fingerprint density at radius 2 is 2.11 bits per heavy atom. The standard InChI is InChI=1S/C13H17NO5/c1-19-11(15)6-10(13(17)18)14-12(16)9-5-7-2-3-8(9)4-7/h2-3,7-10H,4-6H2,1H3,(H,14,16)(H,17,18)/t7?,8?,9?,10-/m0/s1. The molecule has 1 saturated carbocycles. The minimum atomic E-state index is -1.22. The van der Waals surface area contributed by atoms with Crippen LogP contribution in [0, 0.1) is 17.8 Å². The number of hydrogen-bond donors (Lipinski definition) is 2. The Morgan fingerprint density at radius 1 is 1.37 bits per heavy atom. The van der Waals surface area contributed by atoms with Crippen molar-refractivity contribution < 1.29 is 24.2 Å². The Balaban J connectivity index is 1.93. The SMILES string of the molecule is COC(=O)C[C@H](NC(=O)C1CC2C=CC1C2)C(=O)O. The molecular formula is C13H17NO5. The van der Waals surface area contributed by atoms with Gasteiger partial charge in [-0.3, -0.25) is 9.59 Å². The number of carbonyl (C=O) groups is 3. The molecule has 2 rings (SSSR count). The number of rotatable bonds is 5. The molecule has 104 valence electrons. The van der Waals surface area contributed by atoms with Crippen molar-refractivity contribution in [3.63, 3.8) is 0 Å². The third-order valence-electron chi connectivity index (χ3n) is 3.83. The van der Waals surface area contributed by atoms with Crippen LogP contribution in [0.25, 0.3) is 0 Å². The zero-order valence-corrected chi connectivity index (χ0v) is 10.7. The highest BCUT2D eigenvalue weighted by molar-refractivity contribution is 5.88. The van der Waals surface area contributed by atoms with Crippen LogP contribution in [0.15, 0.2) is 12.2 Å². The maximum Gasteiger partial charge on any atom is 0.326 e. The molecule has 2 aliphatic carbocycles. The van der Waals surface area contributed by atoms with Crippen LogP contribution in [0.2, 0.25) is 0 Å². The number of nitrogens with one attached hydrogen (secondary N) is 1. The molecule has 0 radical (unpaired) electrons. The van der Waals surface area contributed by atoms with E-state index < -0.39 is 18.0 Å². The second-order valence-electron chi connectivity index (χ2n) is 5.07. The second-order valence-corrected chi connectivity index (χ2v) is 5.07. The molecule has 0 aromatic carbocycles. The molecule has 0 aromatic rings. The first-order valence-electron chi connectivity index (χ1n) is 6.29. The highest BCUT2D eigenvalue weighted by Gasteiger charge is 2.40. The number of ether oxygens (including phenoxy) is 1. The second kappa shape index (κ2) is 5.42. The molecule has 1 amide bonds. The summed E-state index contributed by atoms with van der Waals surface area (Å²) in [6.45, 7) is 0. The molecular weight excluding hydrogens is 250 g/mol. The molecule has 0 spiro atoms. The van der Waals surface area contributed by atoms with Gasteiger partial charge in [0.15, 0.2) is 0 Å². The first-order chi connectivity index (χ1) is 9.01. The number of allylic oxidation sites excluding steroid dienone is 2. The molecule has 0 heterocycles. The molecule has 3 unspecified atom stereocenters. The Morgan fingerprint density at radius 3 is 2.58 bits per heavy atom. The molecule has 0 saturated heterocycles. The zero-order chi connectivity index (χ0) is 14.0. The van der Waals surface area contributed by atoms with Gasteiger partial charge in [-0.15, -0.1) is 0 Å². The van der Waals surface area contributed by atoms with Crippen molar-refractivity contribution in [3.8, 4) is 0 Å². The first kappa shape index (κ1) is 13.6. The predicted molar refractivity (Wildman–Crippen MR) is 65.0 cm³/mol. The van der Waals surface area contributed by atoms with Crippen LogP contribution < -0.4 is 5.32 Å². The normalized spacial score (nSPS) is 29.0. The van der Waals surface area contributed by atoms with Crippen molar-refractivity contribution in [1.29, 1.82) is 0 Å². The number of carbonyl (C=O) groups excluding carboxylic acids is 2. The Kier molecular flexibility index (Phi) is 3.87. The van der Waals surface area contributed by atoms with Crippen LogP contribution in [0.5, 0.6) is 0 Å². The first-order valence-corrected chi connectivity index (χ1v) is 6.29. The van der Waals surface area contributed by atoms with Gasteiger partial charge in [-0.1, -0.05) is 12.2 Å². The van der Waals surface area contributed by atoms with Crippen LogP contribution in [-0.4, -0.2) is 36.1 Å². The predicted octanol–water partition coefficient (Wildman–Crippen LogP) is 0.331. The van der Waals surface area contributed by atoms with E-state index in [1.807, 2.05) is 6.08 Å². The van der Waals surface area contributed by atoms with Gasteiger partial charge >= 0.3 is 11.9 Å². The Hall–Kier alpha value is -1.85. The number of hydrogen-bond acceptors (Lipinski definition) is 4. The Bertz CT molecular complexity index is 431. The lowest BCUT2D eigenvalue weighted by Gasteiger charge is -2.20. The van der Waals surface area contributed by atoms with Gasteiger partial charge in [-0.2, -0.15) is 0 Å². The Labute approximate surface area is 110 Å². The molecule has 0 aromatic heterocycles. The van der Waals surface area contributed by atoms with E-state index in [1.54, 1.807) is 0 Å². The van der Waals surface area contributed by atoms with E-state index in [4.69, 9.17) is 5.11 Å². The summed E-state index contributed by atoms with van der Waals surface area (Å²) in [6, 6.07) is -1.22. The maximum atomic E-state index is 12.1. The number of fused-ring (bicyclic) bond motifs is 2. The van der Waals surface area contributed by atoms with Gasteiger partial charge in [-0.05, 0) is 24.7 Å². The van der Waals surface area contributed by atoms with Gasteiger partial charge in [0.05, 0.1) is 13.5 Å². The van der Waals surface area contributed by atoms with E-state index in [2.05, 4.69) is 16.1 Å². The molecule has 0 aliphatic heterocycles. The van der Waals surface area contributed by atoms with Gasteiger partial charge in [0.1, 0.15) is 6.04 Å². The fourth-order valence-corrected chi connectivity index (χ4v) is 2.81. The number of carboxylic acids is 1. The molecule has 2 aliphatic rings. The quantitative estimate of drug-likeness (QED) is 0.553. The number of methoxy groups -OCH3 is 1. The van der Waals surface area contributed by atoms with Crippen molar-refractivity contribution in [3.05, 3.63) is 12.2 Å². The van der Waals surface area contributed by atoms with E-state index in [-0.39, 0.29) is 24.2 Å². The van der Waals surface area contributed by atoms with Crippen LogP contribution in [0.3, 0.4) is 0 Å². The van der Waals surface area contributed by atoms with E-state index in [0.29, 0.717) is 5.92 Å². The molecule has 2 bridgehead atoms. The fraction of sp³-hybridized carbons (Fsp3) is 0.615. The van der Waals surface area contributed by atoms with Crippen molar-refractivity contribution in [1.82, 2.24) is 5.32 Å². The smallest absolute Gasteiger partial charge is 0.326 e. The van der Waals surface area contributed by atoms with E-state index in [9.17, 15) is 14.4 Å². The minimum Gasteiger partial charge on any atom is -0.480 e. The number of amides is 1. The monoisotopic (exact) mass is 267 g/mol. The molecule has 6 heteroatoms. The van der Waals surface area contributed by atoms with Gasteiger partial charge in [0, 0.05) is 5.92 Å². The van der Waals surface area contributed by atoms with Crippen LogP contribution in [0.4, 0.5) is 0 Å². The van der Waals surface area contributed by atoms with Crippen LogP contribution >= 0.6 is 0 Å². The van der Waals surface area contributed by atoms with Crippen LogP contribution in [0.1, 0.15) is 19.3 Å². The summed E-state index contributed by atoms with van der Waals surface area (Å²) < 4.78 is 4.42. The lowest BCUT2D eigenvalue weighted by Crippen LogP contribution is -2.45. The molecule has 19 heavy (non-hydrogen) atoms. The molecule has 6 nitrogen and oxygen atoms in total. The largest absolute Gasteiger partial charge is 0.480 e. The highest BCUT2D eigenvalue weighted by atomic mass is 16.5. The number of aliphatic carboxylic acids is 1. The van der Waals surface area contributed by atoms with Crippen molar-refractivity contribution >= 4 is 17.8 Å². The average molecular weight is 267 g/mol. The van der Waals surface area contributed by atoms with E-state index in [1.165, 1.54) is 7.11 Å². The van der Waals surface area contributed by atoms with Gasteiger partial charge < -0.3 is 15.2 Å². The average Bonchev–Trinajstić information content (AvgIpc) is 2.99. The summed E-state index contributed by atoms with van der Waals surface area (Å²) in [7, 11) is 1.18. The zero-order valence-electron chi connectivity index (χ0n) is 10.7. The summed E-state index contributed by atoms with van der Waals surface area (Å²) in [4.78, 5) is 34.2. The van der Waals surface area contributed by atoms with Gasteiger partial charge in [-0.25, -0.2) is 4.79 Å². The topological polar surface area (TPSA) is 92.7 Å². The minimum absolute atomic E-state index is 0.172. The van der Waals surface area contributed by atoms with Gasteiger partial charge in [0.25, 0.3) is 0 Å². The fourth-order valence-electron chi connectivity index (χ4n) is 2.81. The third kappa shape index (κ3) is 2.94. The molecule has 1 fully saturated rings. The summed E-state index contributed by atoms with van der Waals surface area (Å²) in [5.74, 6) is -1.69.